The molecule has 1 fully saturated rings. The van der Waals surface area contributed by atoms with Crippen LogP contribution in [0.5, 0.6) is 5.75 Å². The number of thiophene rings is 1. The van der Waals surface area contributed by atoms with Gasteiger partial charge in [0.15, 0.2) is 0 Å². The molecule has 1 aliphatic heterocycles. The third-order valence-electron chi connectivity index (χ3n) is 6.11. The second-order valence-electron chi connectivity index (χ2n) is 9.30. The Kier molecular flexibility index (Phi) is 7.44. The normalized spacial score (nSPS) is 17.0. The lowest BCUT2D eigenvalue weighted by Crippen LogP contribution is -2.27. The highest BCUT2D eigenvalue weighted by Crippen LogP contribution is 2.39. The zero-order valence-electron chi connectivity index (χ0n) is 20.6. The summed E-state index contributed by atoms with van der Waals surface area (Å²) < 4.78 is 72.1. The van der Waals surface area contributed by atoms with E-state index in [2.05, 4.69) is 4.99 Å². The van der Waals surface area contributed by atoms with Gasteiger partial charge in [0, 0.05) is 23.0 Å². The van der Waals surface area contributed by atoms with Gasteiger partial charge in [0.2, 0.25) is 0 Å². The molecule has 4 rings (SSSR count). The van der Waals surface area contributed by atoms with Crippen molar-refractivity contribution in [2.75, 3.05) is 11.5 Å². The van der Waals surface area contributed by atoms with Crippen LogP contribution >= 0.6 is 11.3 Å². The lowest BCUT2D eigenvalue weighted by molar-refractivity contribution is -0.137. The number of sulfone groups is 1. The van der Waals surface area contributed by atoms with Crippen LogP contribution in [0.25, 0.3) is 21.2 Å². The largest absolute Gasteiger partial charge is 0.491 e. The van der Waals surface area contributed by atoms with E-state index in [1.807, 2.05) is 0 Å². The van der Waals surface area contributed by atoms with Gasteiger partial charge in [-0.1, -0.05) is 0 Å². The van der Waals surface area contributed by atoms with E-state index >= 15 is 0 Å². The van der Waals surface area contributed by atoms with Gasteiger partial charge in [-0.25, -0.2) is 8.42 Å². The number of aliphatic imine (C=N–C) groups is 1. The van der Waals surface area contributed by atoms with Crippen LogP contribution in [-0.2, 0) is 22.6 Å². The van der Waals surface area contributed by atoms with Crippen LogP contribution < -0.4 is 16.0 Å². The molecule has 0 radical (unpaired) electrons. The molecule has 0 unspecified atom stereocenters. The van der Waals surface area contributed by atoms with Crippen LogP contribution in [0.3, 0.4) is 0 Å². The van der Waals surface area contributed by atoms with Crippen LogP contribution in [0.4, 0.5) is 13.2 Å². The summed E-state index contributed by atoms with van der Waals surface area (Å²) in [6, 6.07) is 4.90. The van der Waals surface area contributed by atoms with Gasteiger partial charge < -0.3 is 15.0 Å². The lowest BCUT2D eigenvalue weighted by Gasteiger charge is -2.18. The number of amidine groups is 1. The first-order valence-corrected chi connectivity index (χ1v) is 14.5. The van der Waals surface area contributed by atoms with Gasteiger partial charge in [0.25, 0.3) is 5.56 Å². The maximum absolute atomic E-state index is 13.7. The van der Waals surface area contributed by atoms with Gasteiger partial charge in [0.1, 0.15) is 21.4 Å². The van der Waals surface area contributed by atoms with E-state index in [0.717, 1.165) is 12.1 Å². The van der Waals surface area contributed by atoms with Crippen molar-refractivity contribution in [2.45, 2.75) is 58.5 Å². The maximum Gasteiger partial charge on any atom is 0.416 e. The van der Waals surface area contributed by atoms with E-state index < -0.39 is 21.6 Å². The topological polar surface area (TPSA) is 104 Å². The average Bonchev–Trinajstić information content (AvgIpc) is 3.26. The Morgan fingerprint density at radius 1 is 1.22 bits per heavy atom. The minimum Gasteiger partial charge on any atom is -0.491 e. The molecule has 0 aliphatic carbocycles. The number of alkyl halides is 3. The van der Waals surface area contributed by atoms with E-state index in [1.54, 1.807) is 33.0 Å². The second kappa shape index (κ2) is 10.1. The van der Waals surface area contributed by atoms with Crippen molar-refractivity contribution >= 4 is 37.1 Å². The average molecular weight is 556 g/mol. The Bertz CT molecular complexity index is 1510. The first kappa shape index (κ1) is 27.2. The molecule has 7 nitrogen and oxygen atoms in total. The molecule has 0 saturated carbocycles. The molecule has 12 heteroatoms. The summed E-state index contributed by atoms with van der Waals surface area (Å²) in [6.07, 6.45) is -2.64. The molecule has 3 aromatic rings. The van der Waals surface area contributed by atoms with Crippen molar-refractivity contribution in [2.24, 2.45) is 10.7 Å². The van der Waals surface area contributed by atoms with Gasteiger partial charge >= 0.3 is 6.18 Å². The molecule has 2 N–H and O–H groups in total. The summed E-state index contributed by atoms with van der Waals surface area (Å²) in [5.41, 5.74) is 5.83. The zero-order chi connectivity index (χ0) is 27.1. The van der Waals surface area contributed by atoms with Gasteiger partial charge in [0.05, 0.1) is 39.5 Å². The summed E-state index contributed by atoms with van der Waals surface area (Å²) >= 11 is 1.17. The SMILES string of the molecule is CCn1cc(-c2cc(OC(C)C)cc(C(F)(F)F)c2)c2sc(C(N)=NC3CCS(=O)(=O)CC3)cc2c1=O. The van der Waals surface area contributed by atoms with Crippen molar-refractivity contribution < 1.29 is 26.3 Å². The molecular weight excluding hydrogens is 527 g/mol. The van der Waals surface area contributed by atoms with Gasteiger partial charge in [-0.15, -0.1) is 11.3 Å². The molecular formula is C25H28F3N3O4S2. The van der Waals surface area contributed by atoms with Crippen molar-refractivity contribution in [3.63, 3.8) is 0 Å². The van der Waals surface area contributed by atoms with Crippen LogP contribution in [0.2, 0.25) is 0 Å². The number of aromatic nitrogens is 1. The lowest BCUT2D eigenvalue weighted by atomic mass is 10.0. The fourth-order valence-corrected chi connectivity index (χ4v) is 6.83. The standard InChI is InChI=1S/C25H28F3N3O4S2/c1-4-31-13-20(15-9-16(25(26,27)28)11-18(10-15)35-14(2)3)22-19(24(31)32)12-21(36-22)23(29)30-17-5-7-37(33,34)8-6-17/h9-14,17H,4-8H2,1-3H3,(H2,29,30). The van der Waals surface area contributed by atoms with Crippen LogP contribution in [0.15, 0.2) is 40.2 Å². The predicted octanol–water partition coefficient (Wildman–Crippen LogP) is 4.84. The first-order chi connectivity index (χ1) is 17.3. The molecule has 1 aromatic carbocycles. The van der Waals surface area contributed by atoms with Crippen molar-refractivity contribution in [1.29, 1.82) is 0 Å². The number of fused-ring (bicyclic) bond motifs is 1. The summed E-state index contributed by atoms with van der Waals surface area (Å²) in [5.74, 6) is 0.338. The number of rotatable bonds is 6. The minimum atomic E-state index is -4.59. The first-order valence-electron chi connectivity index (χ1n) is 11.9. The summed E-state index contributed by atoms with van der Waals surface area (Å²) in [4.78, 5) is 18.1. The molecule has 1 aliphatic rings. The summed E-state index contributed by atoms with van der Waals surface area (Å²) in [5, 5.41) is 0.326. The monoisotopic (exact) mass is 555 g/mol. The van der Waals surface area contributed by atoms with E-state index in [0.29, 0.717) is 39.9 Å². The molecule has 0 bridgehead atoms. The fraction of sp³-hybridized carbons (Fsp3) is 0.440. The number of ether oxygens (including phenoxy) is 1. The van der Waals surface area contributed by atoms with Crippen LogP contribution in [0, 0.1) is 0 Å². The summed E-state index contributed by atoms with van der Waals surface area (Å²) in [6.45, 7) is 5.55. The third kappa shape index (κ3) is 6.01. The molecule has 200 valence electrons. The highest BCUT2D eigenvalue weighted by molar-refractivity contribution is 7.91. The molecule has 37 heavy (non-hydrogen) atoms. The molecule has 0 spiro atoms. The highest BCUT2D eigenvalue weighted by atomic mass is 32.2. The number of aryl methyl sites for hydroxylation is 1. The van der Waals surface area contributed by atoms with Crippen LogP contribution in [0.1, 0.15) is 44.1 Å². The van der Waals surface area contributed by atoms with Crippen molar-refractivity contribution in [3.05, 3.63) is 51.3 Å². The maximum atomic E-state index is 13.7. The Hall–Kier alpha value is -2.86. The van der Waals surface area contributed by atoms with Crippen molar-refractivity contribution in [1.82, 2.24) is 4.57 Å². The fourth-order valence-electron chi connectivity index (χ4n) is 4.27. The quantitative estimate of drug-likeness (QED) is 0.346. The second-order valence-corrected chi connectivity index (χ2v) is 12.7. The number of hydrogen-bond donors (Lipinski definition) is 1. The summed E-state index contributed by atoms with van der Waals surface area (Å²) in [7, 11) is -3.05. The molecule has 2 aromatic heterocycles. The molecule has 1 saturated heterocycles. The molecule has 3 heterocycles. The number of nitrogens with two attached hydrogens (primary N) is 1. The van der Waals surface area contributed by atoms with E-state index in [1.165, 1.54) is 22.0 Å². The zero-order valence-corrected chi connectivity index (χ0v) is 22.3. The van der Waals surface area contributed by atoms with Gasteiger partial charge in [-0.2, -0.15) is 13.2 Å². The van der Waals surface area contributed by atoms with Crippen LogP contribution in [-0.4, -0.2) is 42.5 Å². The minimum absolute atomic E-state index is 0.0442. The number of nitrogens with zero attached hydrogens (tertiary/aromatic N) is 2. The third-order valence-corrected chi connectivity index (χ3v) is 9.01. The van der Waals surface area contributed by atoms with E-state index in [-0.39, 0.29) is 46.4 Å². The molecule has 0 atom stereocenters. The Labute approximate surface area is 216 Å². The van der Waals surface area contributed by atoms with Crippen molar-refractivity contribution in [3.8, 4) is 16.9 Å². The van der Waals surface area contributed by atoms with E-state index in [9.17, 15) is 26.4 Å². The smallest absolute Gasteiger partial charge is 0.416 e. The Morgan fingerprint density at radius 2 is 1.89 bits per heavy atom. The van der Waals surface area contributed by atoms with Gasteiger partial charge in [-0.05, 0) is 63.4 Å². The Morgan fingerprint density at radius 3 is 2.49 bits per heavy atom. The number of halogens is 3. The molecule has 0 amide bonds. The Balaban J connectivity index is 1.86. The predicted molar refractivity (Wildman–Crippen MR) is 140 cm³/mol. The van der Waals surface area contributed by atoms with E-state index in [4.69, 9.17) is 10.5 Å². The number of hydrogen-bond acceptors (Lipinski definition) is 6. The van der Waals surface area contributed by atoms with Gasteiger partial charge in [-0.3, -0.25) is 9.79 Å². The number of pyridine rings is 1. The number of benzene rings is 1. The highest BCUT2D eigenvalue weighted by Gasteiger charge is 2.32.